The van der Waals surface area contributed by atoms with Gasteiger partial charge in [0.2, 0.25) is 0 Å². The van der Waals surface area contributed by atoms with E-state index in [1.54, 1.807) is 31.2 Å². The molecule has 0 unspecified atom stereocenters. The molecule has 1 aliphatic rings. The number of nitrogens with zero attached hydrogens (tertiary/aromatic N) is 2. The summed E-state index contributed by atoms with van der Waals surface area (Å²) in [5, 5.41) is 11.4. The monoisotopic (exact) mass is 560 g/mol. The van der Waals surface area contributed by atoms with Crippen LogP contribution in [0.3, 0.4) is 0 Å². The third kappa shape index (κ3) is 5.67. The number of ketones is 1. The van der Waals surface area contributed by atoms with E-state index in [0.717, 1.165) is 16.8 Å². The van der Waals surface area contributed by atoms with Gasteiger partial charge in [0.1, 0.15) is 5.84 Å². The second kappa shape index (κ2) is 11.3. The Morgan fingerprint density at radius 2 is 1.83 bits per heavy atom. The molecule has 196 valence electrons. The van der Waals surface area contributed by atoms with Crippen LogP contribution >= 0.6 is 17.0 Å². The molecular formula is C27H37BrN4O4. The summed E-state index contributed by atoms with van der Waals surface area (Å²) in [6.07, 6.45) is 0. The van der Waals surface area contributed by atoms with Crippen molar-refractivity contribution in [3.05, 3.63) is 52.1 Å². The average molecular weight is 562 g/mol. The number of amidine groups is 1. The minimum absolute atomic E-state index is 0. The molecule has 0 atom stereocenters. The molecule has 1 heterocycles. The lowest BCUT2D eigenvalue weighted by atomic mass is 9.84. The normalized spacial score (nSPS) is 12.6. The second-order valence-electron chi connectivity index (χ2n) is 9.87. The van der Waals surface area contributed by atoms with Crippen LogP contribution in [0.25, 0.3) is 0 Å². The van der Waals surface area contributed by atoms with E-state index in [9.17, 15) is 9.59 Å². The summed E-state index contributed by atoms with van der Waals surface area (Å²) in [5.74, 6) is 1.08. The van der Waals surface area contributed by atoms with E-state index in [1.165, 1.54) is 0 Å². The van der Waals surface area contributed by atoms with Gasteiger partial charge in [-0.25, -0.2) is 0 Å². The molecule has 2 aromatic rings. The van der Waals surface area contributed by atoms with Crippen molar-refractivity contribution in [2.24, 2.45) is 0 Å². The van der Waals surface area contributed by atoms with E-state index in [4.69, 9.17) is 14.9 Å². The highest BCUT2D eigenvalue weighted by molar-refractivity contribution is 8.93. The highest BCUT2D eigenvalue weighted by Gasteiger charge is 2.30. The van der Waals surface area contributed by atoms with Crippen LogP contribution < -0.4 is 19.7 Å². The number of hydrogen-bond acceptors (Lipinski definition) is 6. The Bertz CT molecular complexity index is 1170. The van der Waals surface area contributed by atoms with Crippen molar-refractivity contribution in [1.29, 1.82) is 5.41 Å². The Morgan fingerprint density at radius 1 is 1.17 bits per heavy atom. The largest absolute Gasteiger partial charge is 0.493 e. The Hall–Kier alpha value is -3.07. The van der Waals surface area contributed by atoms with Gasteiger partial charge >= 0.3 is 0 Å². The number of carbonyl (C=O) groups is 2. The van der Waals surface area contributed by atoms with E-state index in [2.05, 4.69) is 26.1 Å². The highest BCUT2D eigenvalue weighted by Crippen LogP contribution is 2.40. The van der Waals surface area contributed by atoms with Gasteiger partial charge in [-0.05, 0) is 42.2 Å². The number of nitrogens with one attached hydrogen (secondary N) is 2. The predicted octanol–water partition coefficient (Wildman–Crippen LogP) is 4.42. The van der Waals surface area contributed by atoms with Crippen LogP contribution in [-0.4, -0.2) is 63.8 Å². The number of amides is 1. The van der Waals surface area contributed by atoms with Crippen molar-refractivity contribution in [2.45, 2.75) is 39.7 Å². The number of rotatable bonds is 8. The smallest absolute Gasteiger partial charge is 0.253 e. The molecule has 0 aromatic heterocycles. The molecule has 0 saturated heterocycles. The van der Waals surface area contributed by atoms with Crippen molar-refractivity contribution in [3.8, 4) is 11.5 Å². The summed E-state index contributed by atoms with van der Waals surface area (Å²) in [5.41, 5.74) is 4.00. The summed E-state index contributed by atoms with van der Waals surface area (Å²) in [7, 11) is 6.94. The van der Waals surface area contributed by atoms with Crippen molar-refractivity contribution in [3.63, 3.8) is 0 Å². The van der Waals surface area contributed by atoms with E-state index in [-0.39, 0.29) is 46.5 Å². The van der Waals surface area contributed by atoms with Gasteiger partial charge in [0.05, 0.1) is 25.8 Å². The maximum Gasteiger partial charge on any atom is 0.253 e. The van der Waals surface area contributed by atoms with Gasteiger partial charge in [0.15, 0.2) is 17.3 Å². The Labute approximate surface area is 224 Å². The average Bonchev–Trinajstić information content (AvgIpc) is 3.10. The summed E-state index contributed by atoms with van der Waals surface area (Å²) in [4.78, 5) is 29.5. The number of methoxy groups -OCH3 is 1. The topological polar surface area (TPSA) is 95.0 Å². The van der Waals surface area contributed by atoms with Crippen LogP contribution in [0.2, 0.25) is 0 Å². The maximum absolute atomic E-state index is 13.4. The fraction of sp³-hybridized carbons (Fsp3) is 0.444. The molecule has 0 radical (unpaired) electrons. The van der Waals surface area contributed by atoms with Crippen molar-refractivity contribution >= 4 is 40.2 Å². The first-order valence-corrected chi connectivity index (χ1v) is 11.7. The quantitative estimate of drug-likeness (QED) is 0.464. The summed E-state index contributed by atoms with van der Waals surface area (Å²) in [6.45, 7) is 9.00. The molecule has 0 saturated carbocycles. The standard InChI is InChI=1S/C27H36N4O4.BrH/c1-9-35-23-12-16(10-20(24(23)34-8)27(2,3)4)22(32)15-31-14-17-11-21(30(6)7)19(26(33)29-5)13-18(17)25(31)28;/h10-13,28H,9,14-15H2,1-8H3,(H,29,33);1H. The Kier molecular flexibility index (Phi) is 9.18. The third-order valence-corrected chi connectivity index (χ3v) is 6.13. The Balaban J connectivity index is 0.00000456. The number of fused-ring (bicyclic) bond motifs is 1. The molecule has 0 bridgehead atoms. The van der Waals surface area contributed by atoms with Crippen LogP contribution in [0, 0.1) is 5.41 Å². The molecule has 9 heteroatoms. The zero-order valence-corrected chi connectivity index (χ0v) is 24.1. The highest BCUT2D eigenvalue weighted by atomic mass is 79.9. The minimum Gasteiger partial charge on any atom is -0.493 e. The molecular weight excluding hydrogens is 524 g/mol. The minimum atomic E-state index is -0.261. The van der Waals surface area contributed by atoms with Gasteiger partial charge in [0.25, 0.3) is 5.91 Å². The zero-order valence-electron chi connectivity index (χ0n) is 22.4. The fourth-order valence-electron chi connectivity index (χ4n) is 4.32. The van der Waals surface area contributed by atoms with Gasteiger partial charge in [-0.3, -0.25) is 15.0 Å². The first kappa shape index (κ1) is 29.2. The molecule has 0 fully saturated rings. The number of halogens is 1. The van der Waals surface area contributed by atoms with E-state index in [1.807, 2.05) is 38.1 Å². The van der Waals surface area contributed by atoms with Crippen molar-refractivity contribution in [1.82, 2.24) is 10.2 Å². The molecule has 1 aliphatic heterocycles. The number of carbonyl (C=O) groups excluding carboxylic acids is 2. The van der Waals surface area contributed by atoms with Crippen LogP contribution in [0.5, 0.6) is 11.5 Å². The number of hydrogen-bond donors (Lipinski definition) is 2. The van der Waals surface area contributed by atoms with Crippen LogP contribution in [-0.2, 0) is 12.0 Å². The summed E-state index contributed by atoms with van der Waals surface area (Å²) < 4.78 is 11.4. The lowest BCUT2D eigenvalue weighted by Crippen LogP contribution is -2.30. The van der Waals surface area contributed by atoms with Crippen molar-refractivity contribution in [2.75, 3.05) is 46.3 Å². The van der Waals surface area contributed by atoms with E-state index < -0.39 is 0 Å². The number of anilines is 1. The molecule has 2 N–H and O–H groups in total. The van der Waals surface area contributed by atoms with E-state index >= 15 is 0 Å². The molecule has 0 aliphatic carbocycles. The van der Waals surface area contributed by atoms with E-state index in [0.29, 0.717) is 41.3 Å². The summed E-state index contributed by atoms with van der Waals surface area (Å²) >= 11 is 0. The molecule has 2 aromatic carbocycles. The first-order valence-electron chi connectivity index (χ1n) is 11.7. The Morgan fingerprint density at radius 3 is 2.36 bits per heavy atom. The lowest BCUT2D eigenvalue weighted by Gasteiger charge is -2.25. The van der Waals surface area contributed by atoms with Gasteiger partial charge in [-0.2, -0.15) is 0 Å². The molecule has 36 heavy (non-hydrogen) atoms. The predicted molar refractivity (Wildman–Crippen MR) is 149 cm³/mol. The van der Waals surface area contributed by atoms with Gasteiger partial charge in [-0.1, -0.05) is 20.8 Å². The van der Waals surface area contributed by atoms with Crippen LogP contribution in [0.4, 0.5) is 5.69 Å². The molecule has 0 spiro atoms. The maximum atomic E-state index is 13.4. The third-order valence-electron chi connectivity index (χ3n) is 6.13. The van der Waals surface area contributed by atoms with Gasteiger partial charge < -0.3 is 24.6 Å². The van der Waals surface area contributed by atoms with Crippen LogP contribution in [0.15, 0.2) is 24.3 Å². The van der Waals surface area contributed by atoms with Gasteiger partial charge in [0, 0.05) is 50.1 Å². The van der Waals surface area contributed by atoms with Crippen molar-refractivity contribution < 1.29 is 19.1 Å². The second-order valence-corrected chi connectivity index (χ2v) is 9.87. The number of Topliss-reactive ketones (excluding diaryl/α,β-unsaturated/α-hetero) is 1. The molecule has 1 amide bonds. The zero-order chi connectivity index (χ0) is 26.1. The van der Waals surface area contributed by atoms with Crippen LogP contribution in [0.1, 0.15) is 65.1 Å². The number of benzene rings is 2. The first-order chi connectivity index (χ1) is 16.4. The molecule has 3 rings (SSSR count). The lowest BCUT2D eigenvalue weighted by molar-refractivity contribution is 0.0955. The SMILES string of the molecule is Br.CCOc1cc(C(=O)CN2Cc3cc(N(C)C)c(C(=O)NC)cc3C2=N)cc(C(C)(C)C)c1OC. The fourth-order valence-corrected chi connectivity index (χ4v) is 4.32. The number of ether oxygens (including phenoxy) is 2. The molecule has 8 nitrogen and oxygen atoms in total. The summed E-state index contributed by atoms with van der Waals surface area (Å²) in [6, 6.07) is 7.26. The van der Waals surface area contributed by atoms with Gasteiger partial charge in [-0.15, -0.1) is 17.0 Å².